The third-order valence-corrected chi connectivity index (χ3v) is 2.69. The number of hydrogen-bond acceptors (Lipinski definition) is 3. The number of ether oxygens (including phenoxy) is 1. The number of rotatable bonds is 2. The summed E-state index contributed by atoms with van der Waals surface area (Å²) in [5.74, 6) is 0. The lowest BCUT2D eigenvalue weighted by Crippen LogP contribution is -2.38. The minimum atomic E-state index is 0.908. The molecule has 0 aromatic carbocycles. The Morgan fingerprint density at radius 1 is 1.38 bits per heavy atom. The van der Waals surface area contributed by atoms with Crippen LogP contribution >= 0.6 is 0 Å². The molecule has 3 nitrogen and oxygen atoms in total. The first-order valence-electron chi connectivity index (χ1n) is 5.14. The minimum Gasteiger partial charge on any atom is -0.379 e. The summed E-state index contributed by atoms with van der Waals surface area (Å²) >= 11 is 0. The molecule has 0 aromatic heterocycles. The second-order valence-corrected chi connectivity index (χ2v) is 3.71. The van der Waals surface area contributed by atoms with Gasteiger partial charge in [-0.15, -0.1) is 0 Å². The molecule has 1 saturated heterocycles. The summed E-state index contributed by atoms with van der Waals surface area (Å²) in [5.41, 5.74) is 1.60. The second-order valence-electron chi connectivity index (χ2n) is 3.71. The van der Waals surface area contributed by atoms with Gasteiger partial charge in [-0.3, -0.25) is 4.90 Å². The number of nitrogens with one attached hydrogen (secondary N) is 1. The molecule has 0 radical (unpaired) electrons. The van der Waals surface area contributed by atoms with Crippen molar-refractivity contribution in [3.05, 3.63) is 11.6 Å². The first kappa shape index (κ1) is 9.19. The van der Waals surface area contributed by atoms with Gasteiger partial charge < -0.3 is 10.1 Å². The van der Waals surface area contributed by atoms with Crippen molar-refractivity contribution in [2.75, 3.05) is 45.9 Å². The maximum atomic E-state index is 5.32. The Kier molecular flexibility index (Phi) is 3.35. The van der Waals surface area contributed by atoms with Crippen molar-refractivity contribution in [3.8, 4) is 0 Å². The summed E-state index contributed by atoms with van der Waals surface area (Å²) in [6, 6.07) is 0. The predicted molar refractivity (Wildman–Crippen MR) is 52.8 cm³/mol. The fraction of sp³-hybridized carbons (Fsp3) is 0.800. The van der Waals surface area contributed by atoms with E-state index in [1.807, 2.05) is 0 Å². The van der Waals surface area contributed by atoms with Crippen LogP contribution in [0.4, 0.5) is 0 Å². The maximum Gasteiger partial charge on any atom is 0.0594 e. The molecule has 2 heterocycles. The van der Waals surface area contributed by atoms with E-state index in [2.05, 4.69) is 16.3 Å². The van der Waals surface area contributed by atoms with Gasteiger partial charge in [0.1, 0.15) is 0 Å². The molecule has 0 aliphatic carbocycles. The topological polar surface area (TPSA) is 24.5 Å². The molecule has 2 aliphatic rings. The van der Waals surface area contributed by atoms with E-state index in [0.29, 0.717) is 0 Å². The molecule has 0 aromatic rings. The van der Waals surface area contributed by atoms with Crippen molar-refractivity contribution in [2.45, 2.75) is 6.42 Å². The van der Waals surface area contributed by atoms with Crippen LogP contribution in [0.1, 0.15) is 6.42 Å². The Morgan fingerprint density at radius 3 is 2.92 bits per heavy atom. The standard InChI is InChI=1S/C10H18N2O/c1-3-11-4-2-10(1)9-12-5-7-13-8-6-12/h1,11H,2-9H2. The molecule has 1 N–H and O–H groups in total. The van der Waals surface area contributed by atoms with Gasteiger partial charge >= 0.3 is 0 Å². The van der Waals surface area contributed by atoms with Crippen LogP contribution < -0.4 is 5.32 Å². The minimum absolute atomic E-state index is 0.908. The molecule has 1 fully saturated rings. The lowest BCUT2D eigenvalue weighted by atomic mass is 10.1. The normalized spacial score (nSPS) is 25.7. The van der Waals surface area contributed by atoms with Crippen molar-refractivity contribution in [2.24, 2.45) is 0 Å². The molecule has 74 valence electrons. The van der Waals surface area contributed by atoms with Crippen LogP contribution in [0.25, 0.3) is 0 Å². The SMILES string of the molecule is C1=C(CN2CCOCC2)CCNC1. The molecular formula is C10H18N2O. The van der Waals surface area contributed by atoms with Crippen molar-refractivity contribution < 1.29 is 4.74 Å². The van der Waals surface area contributed by atoms with Crippen molar-refractivity contribution in [1.29, 1.82) is 0 Å². The van der Waals surface area contributed by atoms with Crippen LogP contribution in [-0.4, -0.2) is 50.8 Å². The zero-order valence-electron chi connectivity index (χ0n) is 8.09. The second kappa shape index (κ2) is 4.74. The Hall–Kier alpha value is -0.380. The summed E-state index contributed by atoms with van der Waals surface area (Å²) in [6.07, 6.45) is 3.55. The van der Waals surface area contributed by atoms with E-state index in [1.54, 1.807) is 5.57 Å². The van der Waals surface area contributed by atoms with E-state index in [0.717, 1.165) is 45.9 Å². The molecule has 0 bridgehead atoms. The van der Waals surface area contributed by atoms with E-state index in [9.17, 15) is 0 Å². The Bertz CT molecular complexity index is 185. The average Bonchev–Trinajstić information content (AvgIpc) is 2.21. The number of morpholine rings is 1. The first-order valence-corrected chi connectivity index (χ1v) is 5.14. The third kappa shape index (κ3) is 2.79. The number of hydrogen-bond donors (Lipinski definition) is 1. The van der Waals surface area contributed by atoms with E-state index < -0.39 is 0 Å². The molecule has 13 heavy (non-hydrogen) atoms. The van der Waals surface area contributed by atoms with Gasteiger partial charge in [-0.2, -0.15) is 0 Å². The van der Waals surface area contributed by atoms with Crippen molar-refractivity contribution in [1.82, 2.24) is 10.2 Å². The summed E-state index contributed by atoms with van der Waals surface area (Å²) < 4.78 is 5.32. The molecule has 0 atom stereocenters. The van der Waals surface area contributed by atoms with Crippen LogP contribution in [0.2, 0.25) is 0 Å². The van der Waals surface area contributed by atoms with Gasteiger partial charge in [-0.25, -0.2) is 0 Å². The Morgan fingerprint density at radius 2 is 2.23 bits per heavy atom. The zero-order chi connectivity index (χ0) is 8.93. The van der Waals surface area contributed by atoms with Crippen LogP contribution in [-0.2, 0) is 4.74 Å². The largest absolute Gasteiger partial charge is 0.379 e. The number of nitrogens with zero attached hydrogens (tertiary/aromatic N) is 1. The summed E-state index contributed by atoms with van der Waals surface area (Å²) in [6.45, 7) is 7.38. The zero-order valence-corrected chi connectivity index (χ0v) is 8.09. The van der Waals surface area contributed by atoms with E-state index in [4.69, 9.17) is 4.74 Å². The smallest absolute Gasteiger partial charge is 0.0594 e. The molecule has 3 heteroatoms. The lowest BCUT2D eigenvalue weighted by molar-refractivity contribution is 0.0418. The van der Waals surface area contributed by atoms with Gasteiger partial charge in [0.25, 0.3) is 0 Å². The van der Waals surface area contributed by atoms with Crippen LogP contribution in [0.3, 0.4) is 0 Å². The van der Waals surface area contributed by atoms with Gasteiger partial charge in [0.2, 0.25) is 0 Å². The quantitative estimate of drug-likeness (QED) is 0.619. The molecule has 0 amide bonds. The van der Waals surface area contributed by atoms with Crippen molar-refractivity contribution >= 4 is 0 Å². The maximum absolute atomic E-state index is 5.32. The van der Waals surface area contributed by atoms with E-state index in [-0.39, 0.29) is 0 Å². The molecule has 0 spiro atoms. The summed E-state index contributed by atoms with van der Waals surface area (Å²) in [7, 11) is 0. The monoisotopic (exact) mass is 182 g/mol. The molecule has 0 saturated carbocycles. The van der Waals surface area contributed by atoms with Crippen molar-refractivity contribution in [3.63, 3.8) is 0 Å². The van der Waals surface area contributed by atoms with Gasteiger partial charge in [-0.1, -0.05) is 11.6 Å². The summed E-state index contributed by atoms with van der Waals surface area (Å²) in [5, 5.41) is 3.33. The van der Waals surface area contributed by atoms with Crippen LogP contribution in [0.5, 0.6) is 0 Å². The summed E-state index contributed by atoms with van der Waals surface area (Å²) in [4.78, 5) is 2.49. The highest BCUT2D eigenvalue weighted by molar-refractivity contribution is 5.08. The fourth-order valence-electron chi connectivity index (χ4n) is 1.86. The molecule has 0 unspecified atom stereocenters. The van der Waals surface area contributed by atoms with Crippen LogP contribution in [0.15, 0.2) is 11.6 Å². The van der Waals surface area contributed by atoms with Gasteiger partial charge in [0.05, 0.1) is 13.2 Å². The third-order valence-electron chi connectivity index (χ3n) is 2.69. The highest BCUT2D eigenvalue weighted by Crippen LogP contribution is 2.08. The molecular weight excluding hydrogens is 164 g/mol. The van der Waals surface area contributed by atoms with Gasteiger partial charge in [0, 0.05) is 26.2 Å². The average molecular weight is 182 g/mol. The van der Waals surface area contributed by atoms with Gasteiger partial charge in [0.15, 0.2) is 0 Å². The predicted octanol–water partition coefficient (Wildman–Crippen LogP) is 0.238. The molecule has 2 aliphatic heterocycles. The first-order chi connectivity index (χ1) is 6.45. The Labute approximate surface area is 79.7 Å². The highest BCUT2D eigenvalue weighted by Gasteiger charge is 2.12. The van der Waals surface area contributed by atoms with Crippen LogP contribution in [0, 0.1) is 0 Å². The highest BCUT2D eigenvalue weighted by atomic mass is 16.5. The van der Waals surface area contributed by atoms with Gasteiger partial charge in [-0.05, 0) is 13.0 Å². The fourth-order valence-corrected chi connectivity index (χ4v) is 1.86. The lowest BCUT2D eigenvalue weighted by Gasteiger charge is -2.28. The van der Waals surface area contributed by atoms with E-state index in [1.165, 1.54) is 6.42 Å². The van der Waals surface area contributed by atoms with E-state index >= 15 is 0 Å². The molecule has 2 rings (SSSR count). The Balaban J connectivity index is 1.78.